The van der Waals surface area contributed by atoms with Crippen LogP contribution < -0.4 is 14.8 Å². The summed E-state index contributed by atoms with van der Waals surface area (Å²) in [4.78, 5) is 40.2. The molecule has 33 heavy (non-hydrogen) atoms. The third-order valence-corrected chi connectivity index (χ3v) is 6.51. The second-order valence-corrected chi connectivity index (χ2v) is 8.80. The van der Waals surface area contributed by atoms with Crippen molar-refractivity contribution < 1.29 is 28.6 Å². The highest BCUT2D eigenvalue weighted by molar-refractivity contribution is 6.03. The standard InChI is InChI=1S/C25H36N2O6/c1-31-21-15-19(25(30)33-17-23(28)27-13-9-4-3-5-10-14-27)20(16-22(21)32-2)26-24(29)18-11-7-6-8-12-18/h15-16,18H,3-14,17H2,1-2H3,(H,26,29). The van der Waals surface area contributed by atoms with Gasteiger partial charge in [-0.3, -0.25) is 9.59 Å². The average Bonchev–Trinajstić information content (AvgIpc) is 2.82. The monoisotopic (exact) mass is 460 g/mol. The van der Waals surface area contributed by atoms with E-state index in [2.05, 4.69) is 5.32 Å². The molecule has 1 N–H and O–H groups in total. The van der Waals surface area contributed by atoms with E-state index in [4.69, 9.17) is 14.2 Å². The van der Waals surface area contributed by atoms with Gasteiger partial charge in [-0.1, -0.05) is 38.5 Å². The predicted octanol–water partition coefficient (Wildman–Crippen LogP) is 4.17. The van der Waals surface area contributed by atoms with Crippen LogP contribution in [0, 0.1) is 5.92 Å². The number of rotatable bonds is 7. The summed E-state index contributed by atoms with van der Waals surface area (Å²) in [7, 11) is 2.96. The number of benzene rings is 1. The molecule has 1 aromatic carbocycles. The topological polar surface area (TPSA) is 94.2 Å². The van der Waals surface area contributed by atoms with E-state index in [-0.39, 0.29) is 29.9 Å². The van der Waals surface area contributed by atoms with Crippen LogP contribution in [0.25, 0.3) is 0 Å². The first kappa shape index (κ1) is 24.9. The lowest BCUT2D eigenvalue weighted by Crippen LogP contribution is -2.37. The average molecular weight is 461 g/mol. The summed E-state index contributed by atoms with van der Waals surface area (Å²) in [5.41, 5.74) is 0.434. The number of methoxy groups -OCH3 is 2. The van der Waals surface area contributed by atoms with Gasteiger partial charge < -0.3 is 24.4 Å². The van der Waals surface area contributed by atoms with Crippen molar-refractivity contribution in [2.45, 2.75) is 64.2 Å². The summed E-state index contributed by atoms with van der Waals surface area (Å²) in [6.45, 7) is 1.05. The molecule has 2 aliphatic rings. The van der Waals surface area contributed by atoms with Gasteiger partial charge in [0, 0.05) is 31.1 Å². The minimum Gasteiger partial charge on any atom is -0.493 e. The third-order valence-electron chi connectivity index (χ3n) is 6.51. The predicted molar refractivity (Wildman–Crippen MR) is 125 cm³/mol. The Labute approximate surface area is 195 Å². The molecule has 0 bridgehead atoms. The van der Waals surface area contributed by atoms with Crippen LogP contribution in [0.1, 0.15) is 74.6 Å². The Morgan fingerprint density at radius 3 is 2.09 bits per heavy atom. The molecule has 1 saturated carbocycles. The quantitative estimate of drug-likeness (QED) is 0.614. The molecule has 3 rings (SSSR count). The Kier molecular flexibility index (Phi) is 9.39. The van der Waals surface area contributed by atoms with Gasteiger partial charge in [0.2, 0.25) is 5.91 Å². The first-order valence-corrected chi connectivity index (χ1v) is 12.0. The van der Waals surface area contributed by atoms with Crippen LogP contribution >= 0.6 is 0 Å². The number of ether oxygens (including phenoxy) is 3. The number of hydrogen-bond acceptors (Lipinski definition) is 6. The fraction of sp³-hybridized carbons (Fsp3) is 0.640. The SMILES string of the molecule is COc1cc(NC(=O)C2CCCCC2)c(C(=O)OCC(=O)N2CCCCCCC2)cc1OC. The summed E-state index contributed by atoms with van der Waals surface area (Å²) in [6, 6.07) is 3.05. The lowest BCUT2D eigenvalue weighted by Gasteiger charge is -2.24. The smallest absolute Gasteiger partial charge is 0.340 e. The zero-order chi connectivity index (χ0) is 23.6. The largest absolute Gasteiger partial charge is 0.493 e. The van der Waals surface area contributed by atoms with Crippen molar-refractivity contribution in [1.29, 1.82) is 0 Å². The summed E-state index contributed by atoms with van der Waals surface area (Å²) < 4.78 is 16.1. The number of likely N-dealkylation sites (tertiary alicyclic amines) is 1. The van der Waals surface area contributed by atoms with E-state index >= 15 is 0 Å². The molecule has 0 spiro atoms. The normalized spacial score (nSPS) is 17.5. The molecule has 0 aromatic heterocycles. The Bertz CT molecular complexity index is 826. The lowest BCUT2D eigenvalue weighted by molar-refractivity contribution is -0.134. The maximum atomic E-state index is 13.0. The van der Waals surface area contributed by atoms with Crippen molar-refractivity contribution in [2.24, 2.45) is 5.92 Å². The molecular weight excluding hydrogens is 424 g/mol. The van der Waals surface area contributed by atoms with Gasteiger partial charge in [-0.2, -0.15) is 0 Å². The molecule has 1 aromatic rings. The number of amides is 2. The minimum atomic E-state index is -0.685. The Hall–Kier alpha value is -2.77. The molecule has 0 atom stereocenters. The third kappa shape index (κ3) is 6.85. The van der Waals surface area contributed by atoms with Gasteiger partial charge in [0.1, 0.15) is 0 Å². The highest BCUT2D eigenvalue weighted by Gasteiger charge is 2.25. The maximum absolute atomic E-state index is 13.0. The summed E-state index contributed by atoms with van der Waals surface area (Å²) in [6.07, 6.45) is 10.2. The van der Waals surface area contributed by atoms with E-state index < -0.39 is 5.97 Å². The van der Waals surface area contributed by atoms with E-state index in [1.807, 2.05) is 0 Å². The highest BCUT2D eigenvalue weighted by Crippen LogP contribution is 2.35. The maximum Gasteiger partial charge on any atom is 0.340 e. The number of nitrogens with one attached hydrogen (secondary N) is 1. The first-order chi connectivity index (χ1) is 16.0. The molecule has 1 saturated heterocycles. The van der Waals surface area contributed by atoms with Gasteiger partial charge in [0.05, 0.1) is 25.5 Å². The summed E-state index contributed by atoms with van der Waals surface area (Å²) in [5, 5.41) is 2.88. The van der Waals surface area contributed by atoms with Crippen LogP contribution in [0.15, 0.2) is 12.1 Å². The number of esters is 1. The van der Waals surface area contributed by atoms with E-state index in [0.29, 0.717) is 30.3 Å². The summed E-state index contributed by atoms with van der Waals surface area (Å²) in [5.74, 6) is -0.342. The fourth-order valence-corrected chi connectivity index (χ4v) is 4.54. The second-order valence-electron chi connectivity index (χ2n) is 8.80. The molecule has 1 aliphatic heterocycles. The zero-order valence-electron chi connectivity index (χ0n) is 19.8. The van der Waals surface area contributed by atoms with Crippen LogP contribution in [0.5, 0.6) is 11.5 Å². The van der Waals surface area contributed by atoms with Crippen LogP contribution in [0.3, 0.4) is 0 Å². The molecule has 1 aliphatic carbocycles. The van der Waals surface area contributed by atoms with Crippen molar-refractivity contribution in [3.63, 3.8) is 0 Å². The molecule has 8 heteroatoms. The van der Waals surface area contributed by atoms with Crippen molar-refractivity contribution in [2.75, 3.05) is 39.2 Å². The first-order valence-electron chi connectivity index (χ1n) is 12.0. The Balaban J connectivity index is 1.72. The van der Waals surface area contributed by atoms with Crippen LogP contribution in [-0.2, 0) is 14.3 Å². The molecule has 2 fully saturated rings. The van der Waals surface area contributed by atoms with Gasteiger partial charge in [-0.05, 0) is 25.7 Å². The van der Waals surface area contributed by atoms with Gasteiger partial charge in [0.15, 0.2) is 18.1 Å². The van der Waals surface area contributed by atoms with E-state index in [9.17, 15) is 14.4 Å². The molecule has 182 valence electrons. The van der Waals surface area contributed by atoms with Gasteiger partial charge in [0.25, 0.3) is 5.91 Å². The molecule has 2 amide bonds. The van der Waals surface area contributed by atoms with Crippen molar-refractivity contribution in [3.05, 3.63) is 17.7 Å². The number of carbonyl (C=O) groups is 3. The number of nitrogens with zero attached hydrogens (tertiary/aromatic N) is 1. The molecule has 0 radical (unpaired) electrons. The minimum absolute atomic E-state index is 0.0792. The Morgan fingerprint density at radius 2 is 1.45 bits per heavy atom. The van der Waals surface area contributed by atoms with Crippen molar-refractivity contribution >= 4 is 23.5 Å². The Morgan fingerprint density at radius 1 is 0.879 bits per heavy atom. The highest BCUT2D eigenvalue weighted by atomic mass is 16.5. The fourth-order valence-electron chi connectivity index (χ4n) is 4.54. The second kappa shape index (κ2) is 12.5. The van der Waals surface area contributed by atoms with Crippen LogP contribution in [0.4, 0.5) is 5.69 Å². The number of hydrogen-bond donors (Lipinski definition) is 1. The number of carbonyl (C=O) groups excluding carboxylic acids is 3. The van der Waals surface area contributed by atoms with E-state index in [1.165, 1.54) is 26.7 Å². The number of anilines is 1. The molecular formula is C25H36N2O6. The van der Waals surface area contributed by atoms with Gasteiger partial charge >= 0.3 is 5.97 Å². The molecule has 1 heterocycles. The van der Waals surface area contributed by atoms with Gasteiger partial charge in [-0.15, -0.1) is 0 Å². The zero-order valence-corrected chi connectivity index (χ0v) is 19.8. The lowest BCUT2D eigenvalue weighted by atomic mass is 9.88. The van der Waals surface area contributed by atoms with E-state index in [0.717, 1.165) is 57.8 Å². The van der Waals surface area contributed by atoms with Crippen LogP contribution in [-0.4, -0.2) is 56.6 Å². The van der Waals surface area contributed by atoms with E-state index in [1.54, 1.807) is 11.0 Å². The van der Waals surface area contributed by atoms with Crippen molar-refractivity contribution in [1.82, 2.24) is 4.90 Å². The molecule has 0 unspecified atom stereocenters. The van der Waals surface area contributed by atoms with Crippen molar-refractivity contribution in [3.8, 4) is 11.5 Å². The molecule has 8 nitrogen and oxygen atoms in total. The summed E-state index contributed by atoms with van der Waals surface area (Å²) >= 11 is 0. The van der Waals surface area contributed by atoms with Gasteiger partial charge in [-0.25, -0.2) is 4.79 Å². The van der Waals surface area contributed by atoms with Crippen LogP contribution in [0.2, 0.25) is 0 Å².